The summed E-state index contributed by atoms with van der Waals surface area (Å²) in [5.74, 6) is 1.88. The van der Waals surface area contributed by atoms with Crippen LogP contribution in [-0.4, -0.2) is 49.7 Å². The Morgan fingerprint density at radius 2 is 2.06 bits per heavy atom. The predicted molar refractivity (Wildman–Crippen MR) is 130 cm³/mol. The monoisotopic (exact) mass is 455 g/mol. The van der Waals surface area contributed by atoms with Crippen LogP contribution in [0.5, 0.6) is 11.8 Å². The number of hydrogen-bond acceptors (Lipinski definition) is 7. The Hall–Kier alpha value is -4.14. The molecule has 5 aromatic rings. The molecule has 6 rings (SSSR count). The first kappa shape index (κ1) is 20.5. The molecule has 0 atom stereocenters. The quantitative estimate of drug-likeness (QED) is 0.396. The molecule has 0 fully saturated rings. The van der Waals surface area contributed by atoms with Crippen LogP contribution < -0.4 is 14.8 Å². The smallest absolute Gasteiger partial charge is 0.299 e. The Labute approximate surface area is 196 Å². The van der Waals surface area contributed by atoms with E-state index in [9.17, 15) is 0 Å². The van der Waals surface area contributed by atoms with Gasteiger partial charge in [0.2, 0.25) is 0 Å². The zero-order valence-electron chi connectivity index (χ0n) is 19.3. The van der Waals surface area contributed by atoms with Gasteiger partial charge in [-0.05, 0) is 38.0 Å². The number of pyridine rings is 1. The number of aromatic nitrogens is 6. The van der Waals surface area contributed by atoms with E-state index in [1.165, 1.54) is 10.9 Å². The van der Waals surface area contributed by atoms with Crippen LogP contribution in [0, 0.1) is 0 Å². The van der Waals surface area contributed by atoms with Crippen molar-refractivity contribution in [3.8, 4) is 23.1 Å². The summed E-state index contributed by atoms with van der Waals surface area (Å²) >= 11 is 0. The normalized spacial score (nSPS) is 14.3. The number of H-pyrrole nitrogens is 1. The summed E-state index contributed by atoms with van der Waals surface area (Å²) in [6, 6.07) is 10.8. The van der Waals surface area contributed by atoms with Crippen LogP contribution in [0.2, 0.25) is 0 Å². The summed E-state index contributed by atoms with van der Waals surface area (Å²) in [4.78, 5) is 22.1. The molecule has 0 spiro atoms. The van der Waals surface area contributed by atoms with Crippen LogP contribution in [0.25, 0.3) is 33.5 Å². The van der Waals surface area contributed by atoms with Crippen molar-refractivity contribution >= 4 is 27.9 Å². The molecule has 0 amide bonds. The highest BCUT2D eigenvalue weighted by molar-refractivity contribution is 5.87. The molecule has 0 unspecified atom stereocenters. The van der Waals surface area contributed by atoms with Crippen molar-refractivity contribution in [2.24, 2.45) is 0 Å². The maximum absolute atomic E-state index is 5.87. The summed E-state index contributed by atoms with van der Waals surface area (Å²) < 4.78 is 13.3. The number of imidazole rings is 1. The van der Waals surface area contributed by atoms with Crippen molar-refractivity contribution in [3.05, 3.63) is 54.5 Å². The first-order chi connectivity index (χ1) is 16.5. The van der Waals surface area contributed by atoms with E-state index >= 15 is 0 Å². The lowest BCUT2D eigenvalue weighted by Crippen LogP contribution is -2.25. The number of para-hydroxylation sites is 1. The van der Waals surface area contributed by atoms with Gasteiger partial charge in [0.25, 0.3) is 6.01 Å². The molecular weight excluding hydrogens is 430 g/mol. The number of anilines is 1. The number of benzene rings is 1. The van der Waals surface area contributed by atoms with Crippen molar-refractivity contribution in [2.75, 3.05) is 25.6 Å². The Bertz CT molecular complexity index is 1520. The highest BCUT2D eigenvalue weighted by Crippen LogP contribution is 2.37. The first-order valence-electron chi connectivity index (χ1n) is 11.3. The van der Waals surface area contributed by atoms with Crippen molar-refractivity contribution < 1.29 is 9.47 Å². The third-order valence-electron chi connectivity index (χ3n) is 6.20. The summed E-state index contributed by atoms with van der Waals surface area (Å²) in [5.41, 5.74) is 4.33. The van der Waals surface area contributed by atoms with Gasteiger partial charge in [0.1, 0.15) is 12.4 Å². The standard InChI is InChI=1S/C25H25N7O2/c1-25(2)14-34-24-29-20-22(27-9-8-15-12-28-19-7-5-4-6-18(15)19)30-21(31-23(20)32(24)25)16-10-17(33-3)13-26-11-16/h4-7,10-13,28H,8-9,14H2,1-3H3,(H,27,30,31). The fourth-order valence-electron chi connectivity index (χ4n) is 4.45. The molecule has 34 heavy (non-hydrogen) atoms. The summed E-state index contributed by atoms with van der Waals surface area (Å²) in [5, 5.41) is 4.73. The summed E-state index contributed by atoms with van der Waals surface area (Å²) in [6.45, 7) is 5.47. The van der Waals surface area contributed by atoms with Gasteiger partial charge in [0.05, 0.1) is 18.8 Å². The number of rotatable bonds is 6. The van der Waals surface area contributed by atoms with Crippen LogP contribution in [-0.2, 0) is 12.0 Å². The lowest BCUT2D eigenvalue weighted by atomic mass is 10.1. The molecule has 172 valence electrons. The minimum atomic E-state index is -0.260. The maximum Gasteiger partial charge on any atom is 0.299 e. The molecular formula is C25H25N7O2. The molecule has 0 bridgehead atoms. The minimum absolute atomic E-state index is 0.260. The molecule has 9 nitrogen and oxygen atoms in total. The molecule has 0 radical (unpaired) electrons. The molecule has 1 aliphatic rings. The fraction of sp³-hybridized carbons (Fsp3) is 0.280. The molecule has 1 aromatic carbocycles. The Kier molecular flexibility index (Phi) is 4.65. The average Bonchev–Trinajstić information content (AvgIpc) is 3.52. The Morgan fingerprint density at radius 3 is 2.94 bits per heavy atom. The van der Waals surface area contributed by atoms with E-state index in [0.717, 1.165) is 23.1 Å². The molecule has 4 aromatic heterocycles. The number of nitrogens with zero attached hydrogens (tertiary/aromatic N) is 5. The van der Waals surface area contributed by atoms with Gasteiger partial charge in [-0.1, -0.05) is 18.2 Å². The van der Waals surface area contributed by atoms with E-state index in [2.05, 4.69) is 53.5 Å². The van der Waals surface area contributed by atoms with Gasteiger partial charge in [-0.15, -0.1) is 0 Å². The molecule has 0 aliphatic carbocycles. The van der Waals surface area contributed by atoms with Crippen molar-refractivity contribution in [1.29, 1.82) is 0 Å². The van der Waals surface area contributed by atoms with Crippen LogP contribution in [0.1, 0.15) is 19.4 Å². The second-order valence-electron chi connectivity index (χ2n) is 9.05. The van der Waals surface area contributed by atoms with Crippen molar-refractivity contribution in [3.63, 3.8) is 0 Å². The summed E-state index contributed by atoms with van der Waals surface area (Å²) in [6.07, 6.45) is 6.30. The number of fused-ring (bicyclic) bond motifs is 4. The number of hydrogen-bond donors (Lipinski definition) is 2. The van der Waals surface area contributed by atoms with Crippen LogP contribution in [0.15, 0.2) is 48.9 Å². The van der Waals surface area contributed by atoms with Crippen LogP contribution in [0.4, 0.5) is 5.82 Å². The molecule has 9 heteroatoms. The van der Waals surface area contributed by atoms with Crippen LogP contribution in [0.3, 0.4) is 0 Å². The predicted octanol–water partition coefficient (Wildman–Crippen LogP) is 4.16. The van der Waals surface area contributed by atoms with E-state index in [4.69, 9.17) is 24.4 Å². The van der Waals surface area contributed by atoms with Crippen LogP contribution >= 0.6 is 0 Å². The second-order valence-corrected chi connectivity index (χ2v) is 9.05. The molecule has 0 saturated heterocycles. The lowest BCUT2D eigenvalue weighted by Gasteiger charge is -2.18. The third-order valence-corrected chi connectivity index (χ3v) is 6.20. The third kappa shape index (κ3) is 3.32. The van der Waals surface area contributed by atoms with Gasteiger partial charge >= 0.3 is 0 Å². The van der Waals surface area contributed by atoms with E-state index in [0.29, 0.717) is 42.1 Å². The molecule has 2 N–H and O–H groups in total. The first-order valence-corrected chi connectivity index (χ1v) is 11.3. The van der Waals surface area contributed by atoms with Gasteiger partial charge in [0.15, 0.2) is 22.8 Å². The van der Waals surface area contributed by atoms with E-state index in [-0.39, 0.29) is 5.54 Å². The SMILES string of the molecule is COc1cncc(-c2nc(NCCc3c[nH]c4ccccc34)c3nc4n(c3n2)C(C)(C)CO4)c1. The summed E-state index contributed by atoms with van der Waals surface area (Å²) in [7, 11) is 1.62. The maximum atomic E-state index is 5.87. The lowest BCUT2D eigenvalue weighted by molar-refractivity contribution is 0.268. The van der Waals surface area contributed by atoms with Crippen molar-refractivity contribution in [2.45, 2.75) is 25.8 Å². The van der Waals surface area contributed by atoms with Gasteiger partial charge < -0.3 is 19.8 Å². The average molecular weight is 456 g/mol. The Morgan fingerprint density at radius 1 is 1.18 bits per heavy atom. The van der Waals surface area contributed by atoms with Gasteiger partial charge in [-0.2, -0.15) is 4.98 Å². The largest absolute Gasteiger partial charge is 0.495 e. The highest BCUT2D eigenvalue weighted by atomic mass is 16.5. The molecule has 1 aliphatic heterocycles. The molecule has 0 saturated carbocycles. The van der Waals surface area contributed by atoms with E-state index in [1.54, 1.807) is 19.5 Å². The molecule has 5 heterocycles. The number of nitrogens with one attached hydrogen (secondary N) is 2. The van der Waals surface area contributed by atoms with E-state index < -0.39 is 0 Å². The zero-order valence-corrected chi connectivity index (χ0v) is 19.3. The highest BCUT2D eigenvalue weighted by Gasteiger charge is 2.36. The fourth-order valence-corrected chi connectivity index (χ4v) is 4.45. The van der Waals surface area contributed by atoms with E-state index in [1.807, 2.05) is 16.7 Å². The Balaban J connectivity index is 1.39. The number of methoxy groups -OCH3 is 1. The van der Waals surface area contributed by atoms with Gasteiger partial charge in [-0.3, -0.25) is 9.55 Å². The minimum Gasteiger partial charge on any atom is -0.495 e. The zero-order chi connectivity index (χ0) is 23.3. The number of ether oxygens (including phenoxy) is 2. The van der Waals surface area contributed by atoms with Crippen molar-refractivity contribution in [1.82, 2.24) is 29.5 Å². The number of aromatic amines is 1. The second kappa shape index (κ2) is 7.72. The van der Waals surface area contributed by atoms with Gasteiger partial charge in [-0.25, -0.2) is 9.97 Å². The topological polar surface area (TPSA) is 103 Å². The van der Waals surface area contributed by atoms with Gasteiger partial charge in [0, 0.05) is 35.4 Å².